The number of benzene rings is 2. The van der Waals surface area contributed by atoms with E-state index in [1.165, 1.54) is 49.8 Å². The Labute approximate surface area is 114 Å². The molecule has 0 aliphatic heterocycles. The van der Waals surface area contributed by atoms with Crippen LogP contribution in [0.4, 0.5) is 4.39 Å². The van der Waals surface area contributed by atoms with Crippen LogP contribution in [0.1, 0.15) is 43.6 Å². The normalized spacial score (nSPS) is 16.5. The number of halogens is 1. The molecule has 1 heteroatoms. The number of hydrogen-bond donors (Lipinski definition) is 0. The fourth-order valence-corrected chi connectivity index (χ4v) is 2.98. The van der Waals surface area contributed by atoms with Crippen molar-refractivity contribution in [2.75, 3.05) is 0 Å². The standard InChI is InChI=1S/C18H18F/c19-18-8-4-7-17(13-18)16-11-9-15(10-12-16)14-5-2-1-3-6-14/h4,8-14H,1-3,5-6H2. The molecule has 0 nitrogen and oxygen atoms in total. The van der Waals surface area contributed by atoms with Crippen LogP contribution < -0.4 is 0 Å². The first-order valence-corrected chi connectivity index (χ1v) is 7.10. The molecule has 0 unspecified atom stereocenters. The predicted octanol–water partition coefficient (Wildman–Crippen LogP) is 5.34. The van der Waals surface area contributed by atoms with Crippen molar-refractivity contribution in [3.8, 4) is 11.1 Å². The quantitative estimate of drug-likeness (QED) is 0.677. The zero-order valence-corrected chi connectivity index (χ0v) is 11.0. The third kappa shape index (κ3) is 2.86. The minimum absolute atomic E-state index is 0.204. The maximum Gasteiger partial charge on any atom is 0.123 e. The van der Waals surface area contributed by atoms with Gasteiger partial charge in [-0.2, -0.15) is 0 Å². The van der Waals surface area contributed by atoms with Gasteiger partial charge in [-0.3, -0.25) is 0 Å². The molecular weight excluding hydrogens is 235 g/mol. The molecule has 19 heavy (non-hydrogen) atoms. The average molecular weight is 253 g/mol. The summed E-state index contributed by atoms with van der Waals surface area (Å²) in [5.41, 5.74) is 3.30. The van der Waals surface area contributed by atoms with Gasteiger partial charge in [0.25, 0.3) is 0 Å². The summed E-state index contributed by atoms with van der Waals surface area (Å²) in [5.74, 6) is 0.518. The molecule has 1 saturated carbocycles. The van der Waals surface area contributed by atoms with Crippen LogP contribution in [0.5, 0.6) is 0 Å². The number of hydrogen-bond acceptors (Lipinski definition) is 0. The van der Waals surface area contributed by atoms with Crippen molar-refractivity contribution in [2.24, 2.45) is 0 Å². The highest BCUT2D eigenvalue weighted by Gasteiger charge is 2.15. The van der Waals surface area contributed by atoms with Crippen molar-refractivity contribution < 1.29 is 4.39 Å². The van der Waals surface area contributed by atoms with Crippen molar-refractivity contribution in [1.29, 1.82) is 0 Å². The second kappa shape index (κ2) is 5.56. The third-order valence-corrected chi connectivity index (χ3v) is 4.06. The van der Waals surface area contributed by atoms with Gasteiger partial charge in [-0.15, -0.1) is 0 Å². The van der Waals surface area contributed by atoms with Gasteiger partial charge in [-0.1, -0.05) is 49.6 Å². The molecule has 2 aromatic carbocycles. The minimum Gasteiger partial charge on any atom is -0.207 e. The van der Waals surface area contributed by atoms with Crippen molar-refractivity contribution in [2.45, 2.75) is 38.0 Å². The Hall–Kier alpha value is -1.63. The Balaban J connectivity index is 1.82. The van der Waals surface area contributed by atoms with Crippen LogP contribution in [0.25, 0.3) is 11.1 Å². The highest BCUT2D eigenvalue weighted by Crippen LogP contribution is 2.33. The van der Waals surface area contributed by atoms with Crippen molar-refractivity contribution in [1.82, 2.24) is 0 Å². The summed E-state index contributed by atoms with van der Waals surface area (Å²) < 4.78 is 13.2. The molecule has 0 heterocycles. The predicted molar refractivity (Wildman–Crippen MR) is 76.5 cm³/mol. The molecule has 1 radical (unpaired) electrons. The summed E-state index contributed by atoms with van der Waals surface area (Å²) in [6, 6.07) is 16.3. The van der Waals surface area contributed by atoms with Crippen LogP contribution in [0.2, 0.25) is 0 Å². The summed E-state index contributed by atoms with van der Waals surface area (Å²) in [7, 11) is 0. The summed E-state index contributed by atoms with van der Waals surface area (Å²) in [4.78, 5) is 0. The first kappa shape index (κ1) is 12.4. The topological polar surface area (TPSA) is 0 Å². The average Bonchev–Trinajstić information content (AvgIpc) is 2.48. The van der Waals surface area contributed by atoms with Crippen molar-refractivity contribution in [3.05, 3.63) is 59.9 Å². The Morgan fingerprint density at radius 2 is 1.68 bits per heavy atom. The lowest BCUT2D eigenvalue weighted by atomic mass is 9.84. The molecule has 2 aromatic rings. The van der Waals surface area contributed by atoms with Crippen LogP contribution in [0, 0.1) is 11.9 Å². The van der Waals surface area contributed by atoms with Gasteiger partial charge >= 0.3 is 0 Å². The van der Waals surface area contributed by atoms with E-state index in [-0.39, 0.29) is 5.82 Å². The monoisotopic (exact) mass is 253 g/mol. The summed E-state index contributed by atoms with van der Waals surface area (Å²) in [5, 5.41) is 0. The molecule has 1 fully saturated rings. The molecule has 0 saturated heterocycles. The lowest BCUT2D eigenvalue weighted by molar-refractivity contribution is 0.443. The molecule has 97 valence electrons. The molecule has 0 N–H and O–H groups in total. The van der Waals surface area contributed by atoms with E-state index >= 15 is 0 Å². The lowest BCUT2D eigenvalue weighted by Gasteiger charge is -2.22. The van der Waals surface area contributed by atoms with Crippen LogP contribution >= 0.6 is 0 Å². The van der Waals surface area contributed by atoms with Crippen LogP contribution in [0.3, 0.4) is 0 Å². The van der Waals surface area contributed by atoms with Crippen molar-refractivity contribution in [3.63, 3.8) is 0 Å². The van der Waals surface area contributed by atoms with E-state index in [0.717, 1.165) is 17.0 Å². The summed E-state index contributed by atoms with van der Waals surface area (Å²) in [6.45, 7) is 0. The van der Waals surface area contributed by atoms with Gasteiger partial charge in [-0.05, 0) is 53.6 Å². The first-order valence-electron chi connectivity index (χ1n) is 7.10. The van der Waals surface area contributed by atoms with Gasteiger partial charge in [0, 0.05) is 0 Å². The van der Waals surface area contributed by atoms with E-state index in [9.17, 15) is 4.39 Å². The SMILES string of the molecule is Fc1cc[c]c(-c2ccc(C3CCCCC3)cc2)c1. The smallest absolute Gasteiger partial charge is 0.123 e. The van der Waals surface area contributed by atoms with E-state index in [2.05, 4.69) is 30.3 Å². The van der Waals surface area contributed by atoms with Crippen LogP contribution in [0.15, 0.2) is 42.5 Å². The zero-order chi connectivity index (χ0) is 13.1. The summed E-state index contributed by atoms with van der Waals surface area (Å²) >= 11 is 0. The Kier molecular flexibility index (Phi) is 3.63. The maximum atomic E-state index is 13.2. The Bertz CT molecular complexity index is 536. The van der Waals surface area contributed by atoms with Gasteiger partial charge in [0.1, 0.15) is 5.82 Å². The molecule has 1 aliphatic carbocycles. The van der Waals surface area contributed by atoms with Gasteiger partial charge in [0.05, 0.1) is 0 Å². The van der Waals surface area contributed by atoms with E-state index in [1.54, 1.807) is 6.07 Å². The van der Waals surface area contributed by atoms with E-state index in [4.69, 9.17) is 0 Å². The van der Waals surface area contributed by atoms with Gasteiger partial charge in [0.15, 0.2) is 0 Å². The fourth-order valence-electron chi connectivity index (χ4n) is 2.98. The van der Waals surface area contributed by atoms with Crippen molar-refractivity contribution >= 4 is 0 Å². The van der Waals surface area contributed by atoms with Crippen LogP contribution in [-0.4, -0.2) is 0 Å². The Morgan fingerprint density at radius 3 is 2.37 bits per heavy atom. The molecule has 0 amide bonds. The summed E-state index contributed by atoms with van der Waals surface area (Å²) in [6.07, 6.45) is 6.71. The molecular formula is C18H18F. The van der Waals surface area contributed by atoms with Gasteiger partial charge in [-0.25, -0.2) is 4.39 Å². The lowest BCUT2D eigenvalue weighted by Crippen LogP contribution is -2.04. The molecule has 1 aliphatic rings. The zero-order valence-electron chi connectivity index (χ0n) is 11.0. The van der Waals surface area contributed by atoms with E-state index < -0.39 is 0 Å². The highest BCUT2D eigenvalue weighted by molar-refractivity contribution is 5.63. The van der Waals surface area contributed by atoms with E-state index in [1.807, 2.05) is 0 Å². The molecule has 0 atom stereocenters. The minimum atomic E-state index is -0.204. The Morgan fingerprint density at radius 1 is 0.947 bits per heavy atom. The maximum absolute atomic E-state index is 13.2. The van der Waals surface area contributed by atoms with Gasteiger partial charge < -0.3 is 0 Å². The van der Waals surface area contributed by atoms with E-state index in [0.29, 0.717) is 0 Å². The molecule has 0 spiro atoms. The van der Waals surface area contributed by atoms with Gasteiger partial charge in [0.2, 0.25) is 0 Å². The third-order valence-electron chi connectivity index (χ3n) is 4.06. The molecule has 3 rings (SSSR count). The largest absolute Gasteiger partial charge is 0.207 e. The highest BCUT2D eigenvalue weighted by atomic mass is 19.1. The van der Waals surface area contributed by atoms with Crippen LogP contribution in [-0.2, 0) is 0 Å². The second-order valence-electron chi connectivity index (χ2n) is 5.38. The first-order chi connectivity index (χ1) is 9.33. The fraction of sp³-hybridized carbons (Fsp3) is 0.333. The second-order valence-corrected chi connectivity index (χ2v) is 5.38. The molecule has 0 aromatic heterocycles. The number of rotatable bonds is 2. The molecule has 0 bridgehead atoms.